The van der Waals surface area contributed by atoms with Crippen LogP contribution in [0.5, 0.6) is 0 Å². The van der Waals surface area contributed by atoms with Gasteiger partial charge < -0.3 is 10.1 Å². The van der Waals surface area contributed by atoms with Crippen LogP contribution in [0, 0.1) is 11.8 Å². The van der Waals surface area contributed by atoms with Gasteiger partial charge in [-0.25, -0.2) is 0 Å². The lowest BCUT2D eigenvalue weighted by Gasteiger charge is -2.32. The SMILES string of the molecule is CNC(CC1OCCc2ccccc21)C(C)C1CC1. The molecular weight excluding hydrogens is 234 g/mol. The number of hydrogen-bond donors (Lipinski definition) is 1. The summed E-state index contributed by atoms with van der Waals surface area (Å²) < 4.78 is 6.05. The van der Waals surface area contributed by atoms with Gasteiger partial charge in [0, 0.05) is 6.04 Å². The Balaban J connectivity index is 1.72. The molecule has 104 valence electrons. The van der Waals surface area contributed by atoms with Crippen molar-refractivity contribution in [2.45, 2.75) is 44.8 Å². The van der Waals surface area contributed by atoms with E-state index in [1.807, 2.05) is 0 Å². The highest BCUT2D eigenvalue weighted by Gasteiger charge is 2.34. The zero-order chi connectivity index (χ0) is 13.2. The molecule has 3 rings (SSSR count). The fraction of sp³-hybridized carbons (Fsp3) is 0.647. The first-order valence-corrected chi connectivity index (χ1v) is 7.66. The minimum atomic E-state index is 0.281. The molecule has 0 aromatic heterocycles. The third kappa shape index (κ3) is 2.85. The van der Waals surface area contributed by atoms with Crippen LogP contribution < -0.4 is 5.32 Å². The van der Waals surface area contributed by atoms with E-state index in [1.54, 1.807) is 0 Å². The molecule has 1 saturated carbocycles. The van der Waals surface area contributed by atoms with Gasteiger partial charge in [-0.3, -0.25) is 0 Å². The summed E-state index contributed by atoms with van der Waals surface area (Å²) in [6.07, 6.45) is 5.28. The highest BCUT2D eigenvalue weighted by atomic mass is 16.5. The van der Waals surface area contributed by atoms with Crippen LogP contribution in [-0.2, 0) is 11.2 Å². The van der Waals surface area contributed by atoms with Gasteiger partial charge in [-0.1, -0.05) is 31.2 Å². The molecule has 19 heavy (non-hydrogen) atoms. The molecule has 0 spiro atoms. The van der Waals surface area contributed by atoms with Crippen LogP contribution in [0.15, 0.2) is 24.3 Å². The number of ether oxygens (including phenoxy) is 1. The number of nitrogens with one attached hydrogen (secondary N) is 1. The van der Waals surface area contributed by atoms with Crippen molar-refractivity contribution >= 4 is 0 Å². The van der Waals surface area contributed by atoms with Crippen LogP contribution >= 0.6 is 0 Å². The van der Waals surface area contributed by atoms with Crippen LogP contribution in [0.1, 0.15) is 43.4 Å². The van der Waals surface area contributed by atoms with Crippen LogP contribution in [0.3, 0.4) is 0 Å². The molecule has 1 aromatic carbocycles. The Hall–Kier alpha value is -0.860. The van der Waals surface area contributed by atoms with E-state index in [9.17, 15) is 0 Å². The predicted molar refractivity (Wildman–Crippen MR) is 78.2 cm³/mol. The van der Waals surface area contributed by atoms with Gasteiger partial charge in [-0.05, 0) is 55.7 Å². The maximum absolute atomic E-state index is 6.05. The lowest BCUT2D eigenvalue weighted by Crippen LogP contribution is -2.36. The summed E-state index contributed by atoms with van der Waals surface area (Å²) in [5, 5.41) is 3.52. The molecular formula is C17H25NO. The van der Waals surface area contributed by atoms with E-state index in [0.717, 1.165) is 31.3 Å². The van der Waals surface area contributed by atoms with Crippen molar-refractivity contribution in [1.29, 1.82) is 0 Å². The molecule has 1 aliphatic carbocycles. The van der Waals surface area contributed by atoms with Gasteiger partial charge in [0.25, 0.3) is 0 Å². The minimum absolute atomic E-state index is 0.281. The fourth-order valence-electron chi connectivity index (χ4n) is 3.45. The topological polar surface area (TPSA) is 21.3 Å². The van der Waals surface area contributed by atoms with E-state index in [4.69, 9.17) is 4.74 Å². The summed E-state index contributed by atoms with van der Waals surface area (Å²) in [4.78, 5) is 0. The number of benzene rings is 1. The van der Waals surface area contributed by atoms with Crippen LogP contribution in [0.2, 0.25) is 0 Å². The smallest absolute Gasteiger partial charge is 0.0842 e. The Morgan fingerprint density at radius 1 is 1.32 bits per heavy atom. The lowest BCUT2D eigenvalue weighted by molar-refractivity contribution is 0.0249. The Morgan fingerprint density at radius 2 is 2.11 bits per heavy atom. The summed E-state index contributed by atoms with van der Waals surface area (Å²) in [6, 6.07) is 9.35. The maximum Gasteiger partial charge on any atom is 0.0842 e. The lowest BCUT2D eigenvalue weighted by atomic mass is 9.87. The maximum atomic E-state index is 6.05. The highest BCUT2D eigenvalue weighted by molar-refractivity contribution is 5.31. The van der Waals surface area contributed by atoms with Crippen LogP contribution in [0.25, 0.3) is 0 Å². The second kappa shape index (κ2) is 5.64. The number of hydrogen-bond acceptors (Lipinski definition) is 2. The van der Waals surface area contributed by atoms with Crippen molar-refractivity contribution in [2.75, 3.05) is 13.7 Å². The fourth-order valence-corrected chi connectivity index (χ4v) is 3.45. The molecule has 1 fully saturated rings. The van der Waals surface area contributed by atoms with Gasteiger partial charge in [0.05, 0.1) is 12.7 Å². The Labute approximate surface area is 116 Å². The molecule has 0 bridgehead atoms. The van der Waals surface area contributed by atoms with Gasteiger partial charge in [-0.15, -0.1) is 0 Å². The predicted octanol–water partition coefficient (Wildman–Crippen LogP) is 3.32. The van der Waals surface area contributed by atoms with E-state index in [0.29, 0.717) is 6.04 Å². The van der Waals surface area contributed by atoms with E-state index < -0.39 is 0 Å². The monoisotopic (exact) mass is 259 g/mol. The van der Waals surface area contributed by atoms with Crippen molar-refractivity contribution < 1.29 is 4.74 Å². The van der Waals surface area contributed by atoms with E-state index in [1.165, 1.54) is 24.0 Å². The summed E-state index contributed by atoms with van der Waals surface area (Å²) >= 11 is 0. The summed E-state index contributed by atoms with van der Waals surface area (Å²) in [5.41, 5.74) is 2.89. The first-order chi connectivity index (χ1) is 9.29. The zero-order valence-corrected chi connectivity index (χ0v) is 12.1. The number of fused-ring (bicyclic) bond motifs is 1. The molecule has 1 N–H and O–H groups in total. The molecule has 2 aliphatic rings. The largest absolute Gasteiger partial charge is 0.373 e. The van der Waals surface area contributed by atoms with E-state index in [-0.39, 0.29) is 6.10 Å². The Bertz CT molecular complexity index is 427. The minimum Gasteiger partial charge on any atom is -0.373 e. The second-order valence-corrected chi connectivity index (χ2v) is 6.14. The van der Waals surface area contributed by atoms with Crippen molar-refractivity contribution in [2.24, 2.45) is 11.8 Å². The van der Waals surface area contributed by atoms with Gasteiger partial charge in [0.1, 0.15) is 0 Å². The Morgan fingerprint density at radius 3 is 2.84 bits per heavy atom. The molecule has 1 heterocycles. The summed E-state index contributed by atoms with van der Waals surface area (Å²) in [7, 11) is 2.10. The normalized spacial score (nSPS) is 25.7. The van der Waals surface area contributed by atoms with E-state index in [2.05, 4.69) is 43.6 Å². The van der Waals surface area contributed by atoms with E-state index >= 15 is 0 Å². The molecule has 2 nitrogen and oxygen atoms in total. The molecule has 2 heteroatoms. The molecule has 3 unspecified atom stereocenters. The average Bonchev–Trinajstić information content (AvgIpc) is 3.28. The molecule has 0 saturated heterocycles. The first kappa shape index (κ1) is 13.1. The summed E-state index contributed by atoms with van der Waals surface area (Å²) in [6.45, 7) is 3.27. The van der Waals surface area contributed by atoms with Gasteiger partial charge in [0.2, 0.25) is 0 Å². The van der Waals surface area contributed by atoms with Gasteiger partial charge >= 0.3 is 0 Å². The molecule has 0 amide bonds. The third-order valence-electron chi connectivity index (χ3n) is 4.93. The summed E-state index contributed by atoms with van der Waals surface area (Å²) in [5.74, 6) is 1.71. The molecule has 1 aromatic rings. The standard InChI is InChI=1S/C17H25NO/c1-12(13-7-8-13)16(18-2)11-17-15-6-4-3-5-14(15)9-10-19-17/h3-6,12-13,16-18H,7-11H2,1-2H3. The third-order valence-corrected chi connectivity index (χ3v) is 4.93. The van der Waals surface area contributed by atoms with Gasteiger partial charge in [-0.2, -0.15) is 0 Å². The van der Waals surface area contributed by atoms with Crippen molar-refractivity contribution in [3.05, 3.63) is 35.4 Å². The zero-order valence-electron chi connectivity index (χ0n) is 12.1. The first-order valence-electron chi connectivity index (χ1n) is 7.66. The highest BCUT2D eigenvalue weighted by Crippen LogP contribution is 2.41. The average molecular weight is 259 g/mol. The van der Waals surface area contributed by atoms with Crippen molar-refractivity contribution in [3.63, 3.8) is 0 Å². The number of rotatable bonds is 5. The molecule has 1 aliphatic heterocycles. The molecule has 3 atom stereocenters. The van der Waals surface area contributed by atoms with Gasteiger partial charge in [0.15, 0.2) is 0 Å². The van der Waals surface area contributed by atoms with Crippen LogP contribution in [0.4, 0.5) is 0 Å². The quantitative estimate of drug-likeness (QED) is 0.876. The molecule has 0 radical (unpaired) electrons. The second-order valence-electron chi connectivity index (χ2n) is 6.14. The van der Waals surface area contributed by atoms with Crippen molar-refractivity contribution in [1.82, 2.24) is 5.32 Å². The van der Waals surface area contributed by atoms with Crippen LogP contribution in [-0.4, -0.2) is 19.7 Å². The van der Waals surface area contributed by atoms with Crippen molar-refractivity contribution in [3.8, 4) is 0 Å². The Kier molecular flexibility index (Phi) is 3.90.